The van der Waals surface area contributed by atoms with Gasteiger partial charge in [0.25, 0.3) is 0 Å². The molecule has 1 unspecified atom stereocenters. The van der Waals surface area contributed by atoms with Crippen molar-refractivity contribution in [3.63, 3.8) is 0 Å². The molecule has 1 aromatic carbocycles. The molecule has 5 heterocycles. The smallest absolute Gasteiger partial charge is 0.165 e. The standard InChI is InChI=1S/C33H37N7/c1-23-4-8-25(9-5-23)28-12-13-29-32(37-28)40(31(38-29)27-3-2-17-36-30(27)34)26-10-6-24(7-11-26)21-39-19-15-33(16-20-39)14-18-35-22-33/h2-4,6-13,17,23,35H,5,14-16,18-22H2,1H3,(H2,34,36). The molecule has 2 saturated heterocycles. The fourth-order valence-corrected chi connectivity index (χ4v) is 6.48. The van der Waals surface area contributed by atoms with E-state index >= 15 is 0 Å². The molecule has 0 saturated carbocycles. The molecule has 1 aliphatic carbocycles. The molecule has 7 rings (SSSR count). The largest absolute Gasteiger partial charge is 0.383 e. The summed E-state index contributed by atoms with van der Waals surface area (Å²) in [5, 5.41) is 3.57. The molecule has 204 valence electrons. The number of anilines is 1. The van der Waals surface area contributed by atoms with Gasteiger partial charge < -0.3 is 11.1 Å². The topological polar surface area (TPSA) is 84.9 Å². The van der Waals surface area contributed by atoms with Gasteiger partial charge in [0.05, 0.1) is 11.3 Å². The molecule has 3 aliphatic rings. The first-order chi connectivity index (χ1) is 19.6. The van der Waals surface area contributed by atoms with Crippen molar-refractivity contribution in [2.45, 2.75) is 39.2 Å². The Balaban J connectivity index is 1.22. The Kier molecular flexibility index (Phi) is 6.48. The number of imidazole rings is 1. The van der Waals surface area contributed by atoms with E-state index in [-0.39, 0.29) is 0 Å². The zero-order chi connectivity index (χ0) is 27.1. The average molecular weight is 532 g/mol. The lowest BCUT2D eigenvalue weighted by Gasteiger charge is -2.38. The van der Waals surface area contributed by atoms with Gasteiger partial charge in [-0.3, -0.25) is 9.47 Å². The van der Waals surface area contributed by atoms with Crippen molar-refractivity contribution >= 4 is 22.6 Å². The summed E-state index contributed by atoms with van der Waals surface area (Å²) in [6, 6.07) is 16.9. The molecule has 4 aromatic rings. The van der Waals surface area contributed by atoms with Gasteiger partial charge in [0.15, 0.2) is 11.5 Å². The van der Waals surface area contributed by atoms with Crippen molar-refractivity contribution in [3.05, 3.63) is 84.2 Å². The van der Waals surface area contributed by atoms with Crippen molar-refractivity contribution in [1.29, 1.82) is 0 Å². The van der Waals surface area contributed by atoms with Crippen LogP contribution in [0.3, 0.4) is 0 Å². The number of rotatable bonds is 5. The summed E-state index contributed by atoms with van der Waals surface area (Å²) >= 11 is 0. The van der Waals surface area contributed by atoms with Gasteiger partial charge in [-0.1, -0.05) is 37.3 Å². The summed E-state index contributed by atoms with van der Waals surface area (Å²) < 4.78 is 2.13. The molecule has 3 aromatic heterocycles. The van der Waals surface area contributed by atoms with E-state index in [9.17, 15) is 0 Å². The van der Waals surface area contributed by atoms with Crippen LogP contribution in [0.4, 0.5) is 5.82 Å². The van der Waals surface area contributed by atoms with Crippen molar-refractivity contribution in [2.24, 2.45) is 11.3 Å². The van der Waals surface area contributed by atoms with E-state index < -0.39 is 0 Å². The summed E-state index contributed by atoms with van der Waals surface area (Å²) in [4.78, 5) is 17.1. The van der Waals surface area contributed by atoms with Crippen LogP contribution < -0.4 is 11.1 Å². The third kappa shape index (κ3) is 4.73. The lowest BCUT2D eigenvalue weighted by Crippen LogP contribution is -2.40. The van der Waals surface area contributed by atoms with Crippen molar-refractivity contribution in [3.8, 4) is 17.1 Å². The number of allylic oxidation sites excluding steroid dienone is 4. The molecule has 2 fully saturated rings. The number of fused-ring (bicyclic) bond motifs is 1. The van der Waals surface area contributed by atoms with Gasteiger partial charge in [0.1, 0.15) is 11.3 Å². The lowest BCUT2D eigenvalue weighted by atomic mass is 9.78. The minimum Gasteiger partial charge on any atom is -0.383 e. The fourth-order valence-electron chi connectivity index (χ4n) is 6.48. The van der Waals surface area contributed by atoms with Gasteiger partial charge in [-0.25, -0.2) is 15.0 Å². The van der Waals surface area contributed by atoms with Crippen molar-refractivity contribution in [1.82, 2.24) is 29.7 Å². The quantitative estimate of drug-likeness (QED) is 0.348. The van der Waals surface area contributed by atoms with Crippen LogP contribution in [0, 0.1) is 11.3 Å². The Morgan fingerprint density at radius 2 is 1.88 bits per heavy atom. The van der Waals surface area contributed by atoms with Crippen LogP contribution in [0.5, 0.6) is 0 Å². The van der Waals surface area contributed by atoms with E-state index in [0.717, 1.165) is 52.5 Å². The summed E-state index contributed by atoms with van der Waals surface area (Å²) in [6.07, 6.45) is 13.4. The Hall–Kier alpha value is -3.81. The van der Waals surface area contributed by atoms with E-state index in [4.69, 9.17) is 15.7 Å². The third-order valence-electron chi connectivity index (χ3n) is 9.04. The predicted octanol–water partition coefficient (Wildman–Crippen LogP) is 5.62. The Labute approximate surface area is 235 Å². The van der Waals surface area contributed by atoms with Crippen LogP contribution in [0.1, 0.15) is 43.9 Å². The van der Waals surface area contributed by atoms with Crippen LogP contribution in [-0.4, -0.2) is 50.6 Å². The van der Waals surface area contributed by atoms with Crippen LogP contribution >= 0.6 is 0 Å². The fraction of sp³-hybridized carbons (Fsp3) is 0.364. The highest BCUT2D eigenvalue weighted by atomic mass is 15.1. The Morgan fingerprint density at radius 1 is 1.02 bits per heavy atom. The van der Waals surface area contributed by atoms with Gasteiger partial charge in [0, 0.05) is 25.0 Å². The second-order valence-corrected chi connectivity index (χ2v) is 11.8. The molecular weight excluding hydrogens is 494 g/mol. The Bertz CT molecular complexity index is 1580. The van der Waals surface area contributed by atoms with E-state index in [2.05, 4.69) is 81.3 Å². The maximum Gasteiger partial charge on any atom is 0.165 e. The summed E-state index contributed by atoms with van der Waals surface area (Å²) in [5.41, 5.74) is 13.8. The third-order valence-corrected chi connectivity index (χ3v) is 9.04. The first-order valence-electron chi connectivity index (χ1n) is 14.6. The minimum absolute atomic E-state index is 0.461. The number of pyridine rings is 2. The second-order valence-electron chi connectivity index (χ2n) is 11.8. The van der Waals surface area contributed by atoms with Crippen LogP contribution in [0.2, 0.25) is 0 Å². The maximum atomic E-state index is 6.34. The van der Waals surface area contributed by atoms with Gasteiger partial charge >= 0.3 is 0 Å². The van der Waals surface area contributed by atoms with E-state index in [1.165, 1.54) is 51.0 Å². The lowest BCUT2D eigenvalue weighted by molar-refractivity contribution is 0.114. The normalized spacial score (nSPS) is 20.8. The number of benzene rings is 1. The van der Waals surface area contributed by atoms with Crippen molar-refractivity contribution < 1.29 is 0 Å². The Morgan fingerprint density at radius 3 is 2.60 bits per heavy atom. The second kappa shape index (κ2) is 10.3. The molecule has 0 radical (unpaired) electrons. The zero-order valence-corrected chi connectivity index (χ0v) is 23.2. The molecule has 1 atom stereocenters. The minimum atomic E-state index is 0.461. The number of hydrogen-bond donors (Lipinski definition) is 2. The van der Waals surface area contributed by atoms with E-state index in [1.807, 2.05) is 12.1 Å². The van der Waals surface area contributed by atoms with Gasteiger partial charge in [0.2, 0.25) is 0 Å². The number of hydrogen-bond acceptors (Lipinski definition) is 6. The molecule has 0 bridgehead atoms. The van der Waals surface area contributed by atoms with Crippen molar-refractivity contribution in [2.75, 3.05) is 31.9 Å². The van der Waals surface area contributed by atoms with Crippen LogP contribution in [0.25, 0.3) is 33.8 Å². The molecule has 0 amide bonds. The molecule has 7 nitrogen and oxygen atoms in total. The average Bonchev–Trinajstić information content (AvgIpc) is 3.60. The number of nitrogens with two attached hydrogens (primary N) is 1. The van der Waals surface area contributed by atoms with Crippen LogP contribution in [0.15, 0.2) is 73.0 Å². The molecular formula is C33H37N7. The number of piperidine rings is 1. The van der Waals surface area contributed by atoms with E-state index in [0.29, 0.717) is 17.2 Å². The van der Waals surface area contributed by atoms with Gasteiger partial charge in [-0.15, -0.1) is 0 Å². The van der Waals surface area contributed by atoms with Gasteiger partial charge in [-0.05, 0) is 104 Å². The molecule has 40 heavy (non-hydrogen) atoms. The van der Waals surface area contributed by atoms with Gasteiger partial charge in [-0.2, -0.15) is 0 Å². The number of nitrogens with zero attached hydrogens (tertiary/aromatic N) is 5. The summed E-state index contributed by atoms with van der Waals surface area (Å²) in [6.45, 7) is 7.95. The number of aromatic nitrogens is 4. The predicted molar refractivity (Wildman–Crippen MR) is 162 cm³/mol. The molecule has 2 aliphatic heterocycles. The highest BCUT2D eigenvalue weighted by molar-refractivity contribution is 5.85. The first-order valence-corrected chi connectivity index (χ1v) is 14.6. The maximum absolute atomic E-state index is 6.34. The first kappa shape index (κ1) is 25.2. The summed E-state index contributed by atoms with van der Waals surface area (Å²) in [7, 11) is 0. The number of nitrogens with one attached hydrogen (secondary N) is 1. The molecule has 1 spiro atoms. The van der Waals surface area contributed by atoms with Crippen LogP contribution in [-0.2, 0) is 6.54 Å². The molecule has 7 heteroatoms. The highest BCUT2D eigenvalue weighted by Gasteiger charge is 2.36. The number of likely N-dealkylation sites (tertiary alicyclic amines) is 1. The van der Waals surface area contributed by atoms with E-state index in [1.54, 1.807) is 6.20 Å². The summed E-state index contributed by atoms with van der Waals surface area (Å²) in [5.74, 6) is 1.77. The zero-order valence-electron chi connectivity index (χ0n) is 23.2. The number of nitrogen functional groups attached to an aromatic ring is 1. The highest BCUT2D eigenvalue weighted by Crippen LogP contribution is 2.37. The molecule has 3 N–H and O–H groups in total. The monoisotopic (exact) mass is 531 g/mol. The SMILES string of the molecule is CC1C=CC(c2ccc3nc(-c4cccnc4N)n(-c4ccc(CN5CCC6(CCNC6)CC5)cc4)c3n2)=CC1.